The zero-order valence-electron chi connectivity index (χ0n) is 25.0. The van der Waals surface area contributed by atoms with Crippen LogP contribution in [0.4, 0.5) is 28.4 Å². The number of aryl methyl sites for hydroxylation is 3. The summed E-state index contributed by atoms with van der Waals surface area (Å²) in [4.78, 5) is 4.82. The summed E-state index contributed by atoms with van der Waals surface area (Å²) in [6, 6.07) is 46.1. The van der Waals surface area contributed by atoms with Gasteiger partial charge in [0.15, 0.2) is 30.3 Å². The minimum absolute atomic E-state index is 0.798. The summed E-state index contributed by atoms with van der Waals surface area (Å²) in [5.41, 5.74) is 13.6. The molecule has 1 aliphatic rings. The number of rotatable bonds is 6. The lowest BCUT2D eigenvalue weighted by Gasteiger charge is -2.40. The van der Waals surface area contributed by atoms with Crippen molar-refractivity contribution in [2.24, 2.45) is 7.05 Å². The molecule has 4 nitrogen and oxygen atoms in total. The van der Waals surface area contributed by atoms with Crippen LogP contribution in [0.3, 0.4) is 0 Å². The molecule has 0 saturated carbocycles. The molecule has 0 N–H and O–H groups in total. The van der Waals surface area contributed by atoms with Crippen molar-refractivity contribution in [3.8, 4) is 11.1 Å². The van der Waals surface area contributed by atoms with Gasteiger partial charge in [-0.1, -0.05) is 66.7 Å². The van der Waals surface area contributed by atoms with Crippen molar-refractivity contribution in [3.63, 3.8) is 0 Å². The van der Waals surface area contributed by atoms with Crippen molar-refractivity contribution in [1.29, 1.82) is 0 Å². The predicted molar refractivity (Wildman–Crippen MR) is 175 cm³/mol. The van der Waals surface area contributed by atoms with Gasteiger partial charge < -0.3 is 9.80 Å². The second-order valence-electron chi connectivity index (χ2n) is 11.4. The van der Waals surface area contributed by atoms with Crippen molar-refractivity contribution in [2.75, 3.05) is 9.80 Å². The van der Waals surface area contributed by atoms with Gasteiger partial charge in [0.05, 0.1) is 22.7 Å². The van der Waals surface area contributed by atoms with Crippen LogP contribution in [0.15, 0.2) is 140 Å². The molecule has 0 bridgehead atoms. The van der Waals surface area contributed by atoms with Gasteiger partial charge in [-0.3, -0.25) is 0 Å². The van der Waals surface area contributed by atoms with E-state index in [1.54, 1.807) is 0 Å². The maximum absolute atomic E-state index is 2.45. The Kier molecular flexibility index (Phi) is 6.96. The number of hydrogen-bond acceptors (Lipinski definition) is 2. The Labute approximate surface area is 254 Å². The summed E-state index contributed by atoms with van der Waals surface area (Å²) >= 11 is 0. The van der Waals surface area contributed by atoms with Gasteiger partial charge >= 0.3 is 0 Å². The van der Waals surface area contributed by atoms with Crippen LogP contribution in [-0.4, -0.2) is 0 Å². The predicted octanol–water partition coefficient (Wildman–Crippen LogP) is 8.25. The molecule has 43 heavy (non-hydrogen) atoms. The standard InChI is InChI=1S/C39H36N4/c1-29-25-33(21-23-40(29)3)34-22-24-41(30(2)26-34)27-31-17-19-32(20-18-31)28-42-36-13-7-9-15-38(36)43(35-11-5-4-6-12-35)39-16-10-8-14-37(39)42/h4-26H,27-28H2,1-3H3/q+2. The van der Waals surface area contributed by atoms with Crippen molar-refractivity contribution in [2.45, 2.75) is 26.9 Å². The Hall–Kier alpha value is -5.22. The molecule has 3 heterocycles. The zero-order valence-corrected chi connectivity index (χ0v) is 25.0. The van der Waals surface area contributed by atoms with Gasteiger partial charge in [-0.25, -0.2) is 4.57 Å². The molecule has 0 amide bonds. The first-order chi connectivity index (χ1) is 21.0. The number of aromatic nitrogens is 2. The molecule has 0 atom stereocenters. The fourth-order valence-corrected chi connectivity index (χ4v) is 6.04. The SMILES string of the molecule is Cc1cc(-c2cc[n+](Cc3ccc(CN4c5ccccc5N(c5ccccc5)c5ccccc54)cc3)c(C)c2)cc[n+]1C. The van der Waals surface area contributed by atoms with E-state index in [0.717, 1.165) is 13.1 Å². The highest BCUT2D eigenvalue weighted by Gasteiger charge is 2.29. The average Bonchev–Trinajstić information content (AvgIpc) is 3.04. The number of fused-ring (bicyclic) bond motifs is 2. The Morgan fingerprint density at radius 2 is 1.07 bits per heavy atom. The third-order valence-electron chi connectivity index (χ3n) is 8.54. The molecule has 7 rings (SSSR count). The first kappa shape index (κ1) is 26.7. The van der Waals surface area contributed by atoms with Gasteiger partial charge in [0, 0.05) is 55.9 Å². The summed E-state index contributed by atoms with van der Waals surface area (Å²) in [5.74, 6) is 0. The van der Waals surface area contributed by atoms with Gasteiger partial charge in [-0.05, 0) is 53.1 Å². The number of nitrogens with zero attached hydrogens (tertiary/aromatic N) is 4. The molecule has 2 aromatic heterocycles. The molecule has 4 aromatic carbocycles. The lowest BCUT2D eigenvalue weighted by Crippen LogP contribution is -2.37. The fraction of sp³-hybridized carbons (Fsp3) is 0.128. The second-order valence-corrected chi connectivity index (χ2v) is 11.4. The van der Waals surface area contributed by atoms with Crippen molar-refractivity contribution < 1.29 is 9.13 Å². The minimum Gasteiger partial charge on any atom is -0.334 e. The summed E-state index contributed by atoms with van der Waals surface area (Å²) < 4.78 is 4.47. The lowest BCUT2D eigenvalue weighted by atomic mass is 10.0. The van der Waals surface area contributed by atoms with E-state index in [4.69, 9.17) is 0 Å². The van der Waals surface area contributed by atoms with Crippen LogP contribution >= 0.6 is 0 Å². The molecule has 0 radical (unpaired) electrons. The van der Waals surface area contributed by atoms with Crippen LogP contribution in [0.25, 0.3) is 11.1 Å². The summed E-state index contributed by atoms with van der Waals surface area (Å²) in [6.45, 7) is 5.98. The molecule has 4 heteroatoms. The Bertz CT molecular complexity index is 1860. The van der Waals surface area contributed by atoms with Crippen molar-refractivity contribution in [1.82, 2.24) is 0 Å². The average molecular weight is 561 g/mol. The molecule has 0 aliphatic carbocycles. The minimum atomic E-state index is 0.798. The summed E-state index contributed by atoms with van der Waals surface area (Å²) in [5, 5.41) is 0. The number of anilines is 5. The number of para-hydroxylation sites is 5. The van der Waals surface area contributed by atoms with Gasteiger partial charge in [-0.15, -0.1) is 0 Å². The summed E-state index contributed by atoms with van der Waals surface area (Å²) in [6.07, 6.45) is 4.34. The Morgan fingerprint density at radius 1 is 0.535 bits per heavy atom. The van der Waals surface area contributed by atoms with E-state index in [2.05, 4.69) is 180 Å². The first-order valence-electron chi connectivity index (χ1n) is 14.9. The van der Waals surface area contributed by atoms with E-state index in [-0.39, 0.29) is 0 Å². The maximum atomic E-state index is 2.45. The number of benzene rings is 4. The number of pyridine rings is 2. The molecule has 0 spiro atoms. The topological polar surface area (TPSA) is 14.2 Å². The van der Waals surface area contributed by atoms with Crippen LogP contribution < -0.4 is 18.9 Å². The van der Waals surface area contributed by atoms with E-state index in [1.165, 1.54) is 62.1 Å². The van der Waals surface area contributed by atoms with Gasteiger partial charge in [0.1, 0.15) is 7.05 Å². The van der Waals surface area contributed by atoms with Crippen LogP contribution in [0, 0.1) is 13.8 Å². The van der Waals surface area contributed by atoms with Crippen LogP contribution in [0.2, 0.25) is 0 Å². The van der Waals surface area contributed by atoms with E-state index < -0.39 is 0 Å². The van der Waals surface area contributed by atoms with Gasteiger partial charge in [-0.2, -0.15) is 4.57 Å². The van der Waals surface area contributed by atoms with Crippen LogP contribution in [0.1, 0.15) is 22.5 Å². The van der Waals surface area contributed by atoms with Crippen LogP contribution in [-0.2, 0) is 20.1 Å². The lowest BCUT2D eigenvalue weighted by molar-refractivity contribution is -0.694. The highest BCUT2D eigenvalue weighted by Crippen LogP contribution is 2.51. The molecule has 0 fully saturated rings. The number of hydrogen-bond donors (Lipinski definition) is 0. The third kappa shape index (κ3) is 5.17. The smallest absolute Gasteiger partial charge is 0.179 e. The largest absolute Gasteiger partial charge is 0.334 e. The molecule has 6 aromatic rings. The van der Waals surface area contributed by atoms with Gasteiger partial charge in [0.2, 0.25) is 0 Å². The quantitative estimate of drug-likeness (QED) is 0.190. The molecular weight excluding hydrogens is 524 g/mol. The Morgan fingerprint density at radius 3 is 1.67 bits per heavy atom. The molecule has 0 unspecified atom stereocenters. The van der Waals surface area contributed by atoms with E-state index >= 15 is 0 Å². The fourth-order valence-electron chi connectivity index (χ4n) is 6.04. The molecule has 1 aliphatic heterocycles. The highest BCUT2D eigenvalue weighted by molar-refractivity contribution is 5.97. The van der Waals surface area contributed by atoms with E-state index in [1.807, 2.05) is 0 Å². The maximum Gasteiger partial charge on any atom is 0.179 e. The third-order valence-corrected chi connectivity index (χ3v) is 8.54. The first-order valence-corrected chi connectivity index (χ1v) is 14.9. The van der Waals surface area contributed by atoms with Gasteiger partial charge in [0.25, 0.3) is 0 Å². The molecule has 0 saturated heterocycles. The van der Waals surface area contributed by atoms with Crippen molar-refractivity contribution >= 4 is 28.4 Å². The van der Waals surface area contributed by atoms with Crippen molar-refractivity contribution in [3.05, 3.63) is 162 Å². The molecular formula is C39H36N4+2. The van der Waals surface area contributed by atoms with E-state index in [9.17, 15) is 0 Å². The van der Waals surface area contributed by atoms with E-state index in [0.29, 0.717) is 0 Å². The monoisotopic (exact) mass is 560 g/mol. The Balaban J connectivity index is 1.13. The summed E-state index contributed by atoms with van der Waals surface area (Å²) in [7, 11) is 2.08. The second kappa shape index (κ2) is 11.2. The van der Waals surface area contributed by atoms with Crippen LogP contribution in [0.5, 0.6) is 0 Å². The highest BCUT2D eigenvalue weighted by atomic mass is 15.3. The zero-order chi connectivity index (χ0) is 29.3. The normalized spacial score (nSPS) is 12.2. The molecule has 210 valence electrons.